The van der Waals surface area contributed by atoms with Crippen LogP contribution in [0.5, 0.6) is 0 Å². The summed E-state index contributed by atoms with van der Waals surface area (Å²) in [5.41, 5.74) is 5.50. The molecule has 0 spiro atoms. The Kier molecular flexibility index (Phi) is 4.03. The van der Waals surface area contributed by atoms with Gasteiger partial charge in [0.1, 0.15) is 12.4 Å². The monoisotopic (exact) mass is 265 g/mol. The van der Waals surface area contributed by atoms with Gasteiger partial charge in [0.2, 0.25) is 11.8 Å². The van der Waals surface area contributed by atoms with E-state index < -0.39 is 0 Å². The van der Waals surface area contributed by atoms with Crippen molar-refractivity contribution in [3.63, 3.8) is 0 Å². The molecule has 0 radical (unpaired) electrons. The van der Waals surface area contributed by atoms with Crippen LogP contribution in [0.2, 0.25) is 0 Å². The van der Waals surface area contributed by atoms with Crippen molar-refractivity contribution in [3.05, 3.63) is 12.3 Å². The number of hydrogen-bond donors (Lipinski definition) is 2. The molecule has 0 aromatic carbocycles. The topological polar surface area (TPSA) is 93.2 Å². The van der Waals surface area contributed by atoms with Gasteiger partial charge in [0.15, 0.2) is 0 Å². The SMILES string of the molecule is CC(=O)NC1CCN(C(=O)Cn2ccc(N)n2)CC1. The highest BCUT2D eigenvalue weighted by Crippen LogP contribution is 2.11. The molecule has 1 aromatic heterocycles. The average Bonchev–Trinajstić information content (AvgIpc) is 2.75. The van der Waals surface area contributed by atoms with Gasteiger partial charge in [0.25, 0.3) is 0 Å². The van der Waals surface area contributed by atoms with Crippen LogP contribution in [0.4, 0.5) is 5.82 Å². The van der Waals surface area contributed by atoms with Gasteiger partial charge in [-0.25, -0.2) is 0 Å². The normalized spacial score (nSPS) is 16.4. The molecule has 0 atom stereocenters. The zero-order chi connectivity index (χ0) is 13.8. The van der Waals surface area contributed by atoms with Crippen LogP contribution in [0.1, 0.15) is 19.8 Å². The summed E-state index contributed by atoms with van der Waals surface area (Å²) in [4.78, 5) is 24.8. The summed E-state index contributed by atoms with van der Waals surface area (Å²) < 4.78 is 1.54. The molecule has 2 rings (SSSR count). The number of likely N-dealkylation sites (tertiary alicyclic amines) is 1. The van der Waals surface area contributed by atoms with Gasteiger partial charge in [-0.15, -0.1) is 0 Å². The lowest BCUT2D eigenvalue weighted by molar-refractivity contribution is -0.133. The van der Waals surface area contributed by atoms with E-state index in [9.17, 15) is 9.59 Å². The summed E-state index contributed by atoms with van der Waals surface area (Å²) in [6, 6.07) is 1.85. The number of piperidine rings is 1. The number of nitrogen functional groups attached to an aromatic ring is 1. The fraction of sp³-hybridized carbons (Fsp3) is 0.583. The van der Waals surface area contributed by atoms with Crippen LogP contribution < -0.4 is 11.1 Å². The Balaban J connectivity index is 1.80. The molecule has 1 aliphatic rings. The largest absolute Gasteiger partial charge is 0.382 e. The second-order valence-corrected chi connectivity index (χ2v) is 4.79. The van der Waals surface area contributed by atoms with Crippen molar-refractivity contribution in [1.29, 1.82) is 0 Å². The number of carbonyl (C=O) groups excluding carboxylic acids is 2. The van der Waals surface area contributed by atoms with Crippen LogP contribution in [0.15, 0.2) is 12.3 Å². The minimum absolute atomic E-state index is 0.0169. The van der Waals surface area contributed by atoms with Gasteiger partial charge in [0, 0.05) is 32.3 Å². The number of hydrogen-bond acceptors (Lipinski definition) is 4. The van der Waals surface area contributed by atoms with Crippen LogP contribution in [-0.4, -0.2) is 45.6 Å². The number of nitrogens with two attached hydrogens (primary N) is 1. The van der Waals surface area contributed by atoms with Crippen molar-refractivity contribution in [2.45, 2.75) is 32.4 Å². The molecule has 2 heterocycles. The summed E-state index contributed by atoms with van der Waals surface area (Å²) in [7, 11) is 0. The van der Waals surface area contributed by atoms with Gasteiger partial charge in [-0.2, -0.15) is 5.10 Å². The molecule has 19 heavy (non-hydrogen) atoms. The Morgan fingerprint density at radius 2 is 2.16 bits per heavy atom. The van der Waals surface area contributed by atoms with Crippen molar-refractivity contribution in [3.8, 4) is 0 Å². The third kappa shape index (κ3) is 3.70. The third-order valence-corrected chi connectivity index (χ3v) is 3.21. The van der Waals surface area contributed by atoms with Gasteiger partial charge in [0.05, 0.1) is 0 Å². The molecule has 3 N–H and O–H groups in total. The van der Waals surface area contributed by atoms with Crippen LogP contribution in [-0.2, 0) is 16.1 Å². The third-order valence-electron chi connectivity index (χ3n) is 3.21. The van der Waals surface area contributed by atoms with Crippen LogP contribution in [0.25, 0.3) is 0 Å². The maximum absolute atomic E-state index is 12.0. The molecular formula is C12H19N5O2. The van der Waals surface area contributed by atoms with Crippen LogP contribution in [0.3, 0.4) is 0 Å². The van der Waals surface area contributed by atoms with E-state index >= 15 is 0 Å². The second kappa shape index (κ2) is 5.73. The first-order valence-electron chi connectivity index (χ1n) is 6.38. The second-order valence-electron chi connectivity index (χ2n) is 4.79. The Morgan fingerprint density at radius 3 is 2.68 bits per heavy atom. The van der Waals surface area contributed by atoms with E-state index in [1.165, 1.54) is 11.6 Å². The molecule has 1 aliphatic heterocycles. The number of nitrogens with one attached hydrogen (secondary N) is 1. The van der Waals surface area contributed by atoms with Crippen molar-refractivity contribution in [2.75, 3.05) is 18.8 Å². The molecule has 1 fully saturated rings. The maximum Gasteiger partial charge on any atom is 0.244 e. The van der Waals surface area contributed by atoms with Gasteiger partial charge in [-0.1, -0.05) is 0 Å². The van der Waals surface area contributed by atoms with E-state index in [0.717, 1.165) is 12.8 Å². The Bertz CT molecular complexity index is 462. The number of aromatic nitrogens is 2. The Morgan fingerprint density at radius 1 is 1.47 bits per heavy atom. The molecule has 2 amide bonds. The van der Waals surface area contributed by atoms with E-state index in [2.05, 4.69) is 10.4 Å². The molecule has 7 heteroatoms. The minimum Gasteiger partial charge on any atom is -0.382 e. The van der Waals surface area contributed by atoms with Crippen molar-refractivity contribution >= 4 is 17.6 Å². The van der Waals surface area contributed by atoms with E-state index in [0.29, 0.717) is 18.9 Å². The van der Waals surface area contributed by atoms with E-state index in [1.54, 1.807) is 17.2 Å². The van der Waals surface area contributed by atoms with Crippen LogP contribution in [0, 0.1) is 0 Å². The van der Waals surface area contributed by atoms with Gasteiger partial charge >= 0.3 is 0 Å². The zero-order valence-electron chi connectivity index (χ0n) is 11.0. The first-order chi connectivity index (χ1) is 9.04. The predicted molar refractivity (Wildman–Crippen MR) is 70.1 cm³/mol. The van der Waals surface area contributed by atoms with E-state index in [-0.39, 0.29) is 24.4 Å². The van der Waals surface area contributed by atoms with Gasteiger partial charge in [-0.05, 0) is 18.9 Å². The highest BCUT2D eigenvalue weighted by molar-refractivity contribution is 5.76. The lowest BCUT2D eigenvalue weighted by Crippen LogP contribution is -2.46. The molecule has 0 unspecified atom stereocenters. The van der Waals surface area contributed by atoms with Gasteiger partial charge in [-0.3, -0.25) is 14.3 Å². The molecule has 1 aromatic rings. The van der Waals surface area contributed by atoms with Crippen molar-refractivity contribution in [2.24, 2.45) is 0 Å². The Labute approximate surface area is 111 Å². The standard InChI is InChI=1S/C12H19N5O2/c1-9(18)14-10-2-5-16(6-3-10)12(19)8-17-7-4-11(13)15-17/h4,7,10H,2-3,5-6,8H2,1H3,(H2,13,15)(H,14,18). The zero-order valence-corrected chi connectivity index (χ0v) is 11.0. The summed E-state index contributed by atoms with van der Waals surface area (Å²) >= 11 is 0. The Hall–Kier alpha value is -2.05. The molecule has 0 aliphatic carbocycles. The molecule has 104 valence electrons. The summed E-state index contributed by atoms with van der Waals surface area (Å²) in [5, 5.41) is 6.87. The summed E-state index contributed by atoms with van der Waals surface area (Å²) in [5.74, 6) is 0.429. The summed E-state index contributed by atoms with van der Waals surface area (Å²) in [6.45, 7) is 3.06. The lowest BCUT2D eigenvalue weighted by atomic mass is 10.1. The molecule has 0 saturated carbocycles. The summed E-state index contributed by atoms with van der Waals surface area (Å²) in [6.07, 6.45) is 3.29. The van der Waals surface area contributed by atoms with Crippen LogP contribution >= 0.6 is 0 Å². The number of anilines is 1. The van der Waals surface area contributed by atoms with Gasteiger partial charge < -0.3 is 16.0 Å². The molecule has 7 nitrogen and oxygen atoms in total. The maximum atomic E-state index is 12.0. The number of rotatable bonds is 3. The number of nitrogens with zero attached hydrogens (tertiary/aromatic N) is 3. The highest BCUT2D eigenvalue weighted by Gasteiger charge is 2.23. The predicted octanol–water partition coefficient (Wildman–Crippen LogP) is -0.408. The fourth-order valence-electron chi connectivity index (χ4n) is 2.26. The highest BCUT2D eigenvalue weighted by atomic mass is 16.2. The van der Waals surface area contributed by atoms with Crippen molar-refractivity contribution in [1.82, 2.24) is 20.0 Å². The molecule has 1 saturated heterocycles. The number of carbonyl (C=O) groups is 2. The smallest absolute Gasteiger partial charge is 0.244 e. The van der Waals surface area contributed by atoms with E-state index in [4.69, 9.17) is 5.73 Å². The average molecular weight is 265 g/mol. The first-order valence-corrected chi connectivity index (χ1v) is 6.38. The molecular weight excluding hydrogens is 246 g/mol. The lowest BCUT2D eigenvalue weighted by Gasteiger charge is -2.32. The first kappa shape index (κ1) is 13.4. The fourth-order valence-corrected chi connectivity index (χ4v) is 2.26. The van der Waals surface area contributed by atoms with E-state index in [1.807, 2.05) is 0 Å². The van der Waals surface area contributed by atoms with Crippen molar-refractivity contribution < 1.29 is 9.59 Å². The molecule has 0 bridgehead atoms. The quantitative estimate of drug-likeness (QED) is 0.777. The number of amides is 2. The minimum atomic E-state index is -0.0169.